The summed E-state index contributed by atoms with van der Waals surface area (Å²) in [5.74, 6) is 0.206. The van der Waals surface area contributed by atoms with Gasteiger partial charge in [-0.2, -0.15) is 0 Å². The number of nitrogens with one attached hydrogen (secondary N) is 1. The number of amides is 1. The van der Waals surface area contributed by atoms with Crippen molar-refractivity contribution >= 4 is 17.2 Å². The Kier molecular flexibility index (Phi) is 4.18. The van der Waals surface area contributed by atoms with Crippen molar-refractivity contribution in [3.8, 4) is 0 Å². The van der Waals surface area contributed by atoms with Crippen molar-refractivity contribution in [3.05, 3.63) is 21.9 Å². The molecule has 17 heavy (non-hydrogen) atoms. The van der Waals surface area contributed by atoms with Gasteiger partial charge >= 0.3 is 0 Å². The van der Waals surface area contributed by atoms with Crippen molar-refractivity contribution in [2.24, 2.45) is 0 Å². The molecule has 1 saturated heterocycles. The van der Waals surface area contributed by atoms with E-state index < -0.39 is 0 Å². The van der Waals surface area contributed by atoms with Crippen LogP contribution in [0.15, 0.2) is 12.1 Å². The van der Waals surface area contributed by atoms with E-state index in [0.717, 1.165) is 32.5 Å². The molecule has 2 heterocycles. The number of likely N-dealkylation sites (tertiary alicyclic amines) is 1. The molecule has 0 saturated carbocycles. The van der Waals surface area contributed by atoms with E-state index in [-0.39, 0.29) is 5.91 Å². The van der Waals surface area contributed by atoms with Crippen molar-refractivity contribution in [2.75, 3.05) is 13.1 Å². The van der Waals surface area contributed by atoms with Crippen molar-refractivity contribution in [3.63, 3.8) is 0 Å². The molecule has 1 N–H and O–H groups in total. The zero-order valence-corrected chi connectivity index (χ0v) is 11.3. The van der Waals surface area contributed by atoms with E-state index in [0.29, 0.717) is 6.04 Å². The Balaban J connectivity index is 1.73. The van der Waals surface area contributed by atoms with Gasteiger partial charge in [-0.05, 0) is 31.9 Å². The Morgan fingerprint density at radius 1 is 1.47 bits per heavy atom. The highest BCUT2D eigenvalue weighted by Crippen LogP contribution is 2.16. The predicted molar refractivity (Wildman–Crippen MR) is 71.2 cm³/mol. The fraction of sp³-hybridized carbons (Fsp3) is 0.615. The van der Waals surface area contributed by atoms with Crippen LogP contribution >= 0.6 is 11.3 Å². The summed E-state index contributed by atoms with van der Waals surface area (Å²) < 4.78 is 0. The Morgan fingerprint density at radius 2 is 2.18 bits per heavy atom. The summed E-state index contributed by atoms with van der Waals surface area (Å²) in [6.07, 6.45) is 2.15. The molecule has 0 unspecified atom stereocenters. The molecule has 1 aromatic heterocycles. The molecule has 0 spiro atoms. The average Bonchev–Trinajstić information content (AvgIpc) is 2.73. The van der Waals surface area contributed by atoms with E-state index in [1.807, 2.05) is 16.2 Å². The molecule has 0 aliphatic carbocycles. The molecular formula is C13H20N2OS. The Morgan fingerprint density at radius 3 is 2.71 bits per heavy atom. The van der Waals surface area contributed by atoms with Crippen LogP contribution in [-0.4, -0.2) is 29.9 Å². The average molecular weight is 252 g/mol. The lowest BCUT2D eigenvalue weighted by molar-refractivity contribution is -0.129. The first-order valence-electron chi connectivity index (χ1n) is 6.19. The Labute approximate surface area is 107 Å². The zero-order chi connectivity index (χ0) is 12.3. The number of hydrogen-bond acceptors (Lipinski definition) is 3. The lowest BCUT2D eigenvalue weighted by atomic mass is 10.1. The van der Waals surface area contributed by atoms with E-state index in [2.05, 4.69) is 24.4 Å². The fourth-order valence-corrected chi connectivity index (χ4v) is 3.06. The van der Waals surface area contributed by atoms with E-state index in [1.165, 1.54) is 9.75 Å². The quantitative estimate of drug-likeness (QED) is 0.894. The van der Waals surface area contributed by atoms with E-state index >= 15 is 0 Å². The van der Waals surface area contributed by atoms with Crippen LogP contribution in [0.2, 0.25) is 0 Å². The summed E-state index contributed by atoms with van der Waals surface area (Å²) in [5, 5.41) is 3.58. The number of carbonyl (C=O) groups is 1. The maximum absolute atomic E-state index is 11.2. The van der Waals surface area contributed by atoms with Crippen LogP contribution in [0.4, 0.5) is 0 Å². The SMILES string of the molecule is CC(=O)N1CCC(NCc2ccc(C)s2)CC1. The Bertz CT molecular complexity index is 381. The van der Waals surface area contributed by atoms with Gasteiger partial charge in [0.05, 0.1) is 0 Å². The van der Waals surface area contributed by atoms with Gasteiger partial charge in [0, 0.05) is 42.4 Å². The van der Waals surface area contributed by atoms with Crippen LogP contribution in [0, 0.1) is 6.92 Å². The molecule has 3 nitrogen and oxygen atoms in total. The largest absolute Gasteiger partial charge is 0.343 e. The molecular weight excluding hydrogens is 232 g/mol. The second-order valence-electron chi connectivity index (χ2n) is 4.67. The maximum atomic E-state index is 11.2. The number of rotatable bonds is 3. The standard InChI is InChI=1S/C13H20N2OS/c1-10-3-4-13(17-10)9-14-12-5-7-15(8-6-12)11(2)16/h3-4,12,14H,5-9H2,1-2H3. The highest BCUT2D eigenvalue weighted by Gasteiger charge is 2.19. The van der Waals surface area contributed by atoms with Gasteiger partial charge in [-0.15, -0.1) is 11.3 Å². The van der Waals surface area contributed by atoms with Gasteiger partial charge in [-0.25, -0.2) is 0 Å². The third kappa shape index (κ3) is 3.54. The minimum atomic E-state index is 0.206. The van der Waals surface area contributed by atoms with Crippen LogP contribution in [0.1, 0.15) is 29.5 Å². The van der Waals surface area contributed by atoms with E-state index in [4.69, 9.17) is 0 Å². The van der Waals surface area contributed by atoms with Crippen LogP contribution in [0.3, 0.4) is 0 Å². The minimum Gasteiger partial charge on any atom is -0.343 e. The van der Waals surface area contributed by atoms with Gasteiger partial charge in [0.2, 0.25) is 5.91 Å². The number of nitrogens with zero attached hydrogens (tertiary/aromatic N) is 1. The molecule has 1 aliphatic rings. The van der Waals surface area contributed by atoms with Crippen LogP contribution in [0.5, 0.6) is 0 Å². The smallest absolute Gasteiger partial charge is 0.219 e. The van der Waals surface area contributed by atoms with E-state index in [1.54, 1.807) is 6.92 Å². The predicted octanol–water partition coefficient (Wildman–Crippen LogP) is 2.16. The zero-order valence-electron chi connectivity index (χ0n) is 10.5. The number of thiophene rings is 1. The molecule has 4 heteroatoms. The van der Waals surface area contributed by atoms with Crippen LogP contribution < -0.4 is 5.32 Å². The summed E-state index contributed by atoms with van der Waals surface area (Å²) in [6.45, 7) is 6.55. The van der Waals surface area contributed by atoms with Crippen molar-refractivity contribution in [1.82, 2.24) is 10.2 Å². The third-order valence-electron chi connectivity index (χ3n) is 3.30. The summed E-state index contributed by atoms with van der Waals surface area (Å²) in [4.78, 5) is 15.9. The molecule has 0 aromatic carbocycles. The van der Waals surface area contributed by atoms with Gasteiger partial charge in [0.15, 0.2) is 0 Å². The maximum Gasteiger partial charge on any atom is 0.219 e. The normalized spacial score (nSPS) is 17.4. The molecule has 94 valence electrons. The van der Waals surface area contributed by atoms with Gasteiger partial charge in [0.1, 0.15) is 0 Å². The van der Waals surface area contributed by atoms with Gasteiger partial charge in [-0.1, -0.05) is 0 Å². The summed E-state index contributed by atoms with van der Waals surface area (Å²) in [6, 6.07) is 4.92. The van der Waals surface area contributed by atoms with Gasteiger partial charge in [0.25, 0.3) is 0 Å². The second-order valence-corrected chi connectivity index (χ2v) is 6.05. The van der Waals surface area contributed by atoms with Crippen molar-refractivity contribution in [2.45, 2.75) is 39.3 Å². The number of aryl methyl sites for hydroxylation is 1. The lowest BCUT2D eigenvalue weighted by Crippen LogP contribution is -2.43. The first-order chi connectivity index (χ1) is 8.15. The first-order valence-corrected chi connectivity index (χ1v) is 7.01. The molecule has 2 rings (SSSR count). The Hall–Kier alpha value is -0.870. The molecule has 1 amide bonds. The molecule has 1 aromatic rings. The van der Waals surface area contributed by atoms with Crippen LogP contribution in [-0.2, 0) is 11.3 Å². The van der Waals surface area contributed by atoms with Crippen LogP contribution in [0.25, 0.3) is 0 Å². The number of carbonyl (C=O) groups excluding carboxylic acids is 1. The van der Waals surface area contributed by atoms with Gasteiger partial charge < -0.3 is 10.2 Å². The number of piperidine rings is 1. The summed E-state index contributed by atoms with van der Waals surface area (Å²) >= 11 is 1.85. The van der Waals surface area contributed by atoms with E-state index in [9.17, 15) is 4.79 Å². The monoisotopic (exact) mass is 252 g/mol. The molecule has 0 bridgehead atoms. The highest BCUT2D eigenvalue weighted by atomic mass is 32.1. The van der Waals surface area contributed by atoms with Crippen molar-refractivity contribution < 1.29 is 4.79 Å². The summed E-state index contributed by atoms with van der Waals surface area (Å²) in [5.41, 5.74) is 0. The molecule has 1 fully saturated rings. The highest BCUT2D eigenvalue weighted by molar-refractivity contribution is 7.11. The first kappa shape index (κ1) is 12.6. The minimum absolute atomic E-state index is 0.206. The third-order valence-corrected chi connectivity index (χ3v) is 4.30. The molecule has 1 aliphatic heterocycles. The van der Waals surface area contributed by atoms with Crippen molar-refractivity contribution in [1.29, 1.82) is 0 Å². The molecule has 0 radical (unpaired) electrons. The summed E-state index contributed by atoms with van der Waals surface area (Å²) in [7, 11) is 0. The van der Waals surface area contributed by atoms with Gasteiger partial charge in [-0.3, -0.25) is 4.79 Å². The number of hydrogen-bond donors (Lipinski definition) is 1. The fourth-order valence-electron chi connectivity index (χ4n) is 2.22. The topological polar surface area (TPSA) is 32.3 Å². The second kappa shape index (κ2) is 5.65. The molecule has 0 atom stereocenters. The lowest BCUT2D eigenvalue weighted by Gasteiger charge is -2.31.